The summed E-state index contributed by atoms with van der Waals surface area (Å²) in [5.74, 6) is -0.195. The van der Waals surface area contributed by atoms with Gasteiger partial charge in [-0.25, -0.2) is 9.79 Å². The number of carboxylic acids is 1. The average molecular weight is 295 g/mol. The summed E-state index contributed by atoms with van der Waals surface area (Å²) in [5, 5.41) is 8.91. The molecule has 4 nitrogen and oxygen atoms in total. The first-order valence-corrected chi connectivity index (χ1v) is 5.82. The van der Waals surface area contributed by atoms with Crippen molar-refractivity contribution in [1.82, 2.24) is 4.90 Å². The quantitative estimate of drug-likeness (QED) is 0.811. The van der Waals surface area contributed by atoms with Crippen LogP contribution in [0.25, 0.3) is 5.70 Å². The summed E-state index contributed by atoms with van der Waals surface area (Å²) in [5.41, 5.74) is 2.24. The van der Waals surface area contributed by atoms with Gasteiger partial charge in [0.15, 0.2) is 0 Å². The number of carbonyl (C=O) groups is 1. The van der Waals surface area contributed by atoms with Gasteiger partial charge in [-0.3, -0.25) is 0 Å². The lowest BCUT2D eigenvalue weighted by atomic mass is 10.1. The van der Waals surface area contributed by atoms with Crippen LogP contribution < -0.4 is 0 Å². The maximum atomic E-state index is 10.9. The summed E-state index contributed by atoms with van der Waals surface area (Å²) in [6.45, 7) is 1.85. The van der Waals surface area contributed by atoms with E-state index in [1.54, 1.807) is 11.9 Å². The predicted octanol–water partition coefficient (Wildman–Crippen LogP) is 2.87. The molecule has 1 aliphatic heterocycles. The third kappa shape index (κ3) is 2.24. The molecule has 0 radical (unpaired) electrons. The Hall–Kier alpha value is -1.62. The minimum atomic E-state index is -0.965. The van der Waals surface area contributed by atoms with Gasteiger partial charge in [0, 0.05) is 23.2 Å². The molecule has 17 heavy (non-hydrogen) atoms. The fraction of sp³-hybridized carbons (Fsp3) is 0.167. The van der Waals surface area contributed by atoms with Crippen LogP contribution in [-0.4, -0.2) is 28.9 Å². The zero-order valence-electron chi connectivity index (χ0n) is 9.44. The molecule has 0 saturated heterocycles. The van der Waals surface area contributed by atoms with Gasteiger partial charge in [-0.15, -0.1) is 0 Å². The SMILES string of the molecule is CC1=Nc2ccc(Br)cc2/C(=C/C(=O)O)N1C. The molecule has 2 rings (SSSR count). The lowest BCUT2D eigenvalue weighted by Crippen LogP contribution is -2.26. The second-order valence-electron chi connectivity index (χ2n) is 3.75. The molecule has 1 heterocycles. The van der Waals surface area contributed by atoms with Crippen molar-refractivity contribution in [2.24, 2.45) is 4.99 Å². The molecule has 0 unspecified atom stereocenters. The van der Waals surface area contributed by atoms with Crippen LogP contribution >= 0.6 is 15.9 Å². The number of benzene rings is 1. The highest BCUT2D eigenvalue weighted by Gasteiger charge is 2.20. The van der Waals surface area contributed by atoms with Crippen molar-refractivity contribution in [3.05, 3.63) is 34.3 Å². The molecule has 0 aliphatic carbocycles. The van der Waals surface area contributed by atoms with Crippen molar-refractivity contribution in [2.45, 2.75) is 6.92 Å². The highest BCUT2D eigenvalue weighted by molar-refractivity contribution is 9.10. The number of aliphatic imine (C=N–C) groups is 1. The number of aliphatic carboxylic acids is 1. The summed E-state index contributed by atoms with van der Waals surface area (Å²) in [7, 11) is 1.80. The Morgan fingerprint density at radius 1 is 1.53 bits per heavy atom. The summed E-state index contributed by atoms with van der Waals surface area (Å²) in [4.78, 5) is 17.0. The Morgan fingerprint density at radius 2 is 2.24 bits per heavy atom. The van der Waals surface area contributed by atoms with E-state index >= 15 is 0 Å². The first-order chi connectivity index (χ1) is 7.99. The molecule has 1 aromatic carbocycles. The average Bonchev–Trinajstić information content (AvgIpc) is 2.25. The van der Waals surface area contributed by atoms with Gasteiger partial charge in [0.05, 0.1) is 11.4 Å². The van der Waals surface area contributed by atoms with E-state index < -0.39 is 5.97 Å². The third-order valence-electron chi connectivity index (χ3n) is 2.62. The number of halogens is 1. The van der Waals surface area contributed by atoms with E-state index in [0.29, 0.717) is 5.70 Å². The summed E-state index contributed by atoms with van der Waals surface area (Å²) >= 11 is 3.38. The molecule has 0 saturated carbocycles. The standard InChI is InChI=1S/C12H11BrN2O2/c1-7-14-10-4-3-8(13)5-9(10)11(15(7)2)6-12(16)17/h3-6H,1-2H3,(H,16,17)/b11-6-. The molecule has 0 fully saturated rings. The van der Waals surface area contributed by atoms with E-state index in [9.17, 15) is 4.79 Å². The van der Waals surface area contributed by atoms with Gasteiger partial charge < -0.3 is 10.0 Å². The van der Waals surface area contributed by atoms with Crippen LogP contribution in [0, 0.1) is 0 Å². The maximum Gasteiger partial charge on any atom is 0.330 e. The van der Waals surface area contributed by atoms with Crippen LogP contribution in [0.4, 0.5) is 5.69 Å². The molecule has 0 amide bonds. The van der Waals surface area contributed by atoms with Gasteiger partial charge in [-0.2, -0.15) is 0 Å². The van der Waals surface area contributed by atoms with E-state index in [4.69, 9.17) is 5.11 Å². The van der Waals surface area contributed by atoms with Gasteiger partial charge in [-0.05, 0) is 25.1 Å². The summed E-state index contributed by atoms with van der Waals surface area (Å²) in [6.07, 6.45) is 1.20. The van der Waals surface area contributed by atoms with Gasteiger partial charge >= 0.3 is 5.97 Å². The lowest BCUT2D eigenvalue weighted by Gasteiger charge is -2.27. The number of rotatable bonds is 1. The zero-order valence-corrected chi connectivity index (χ0v) is 11.0. The normalized spacial score (nSPS) is 16.8. The van der Waals surface area contributed by atoms with Gasteiger partial charge in [-0.1, -0.05) is 15.9 Å². The second kappa shape index (κ2) is 4.33. The van der Waals surface area contributed by atoms with Crippen molar-refractivity contribution in [1.29, 1.82) is 0 Å². The molecule has 88 valence electrons. The van der Waals surface area contributed by atoms with Crippen LogP contribution in [0.2, 0.25) is 0 Å². The molecular formula is C12H11BrN2O2. The first kappa shape index (κ1) is 11.9. The van der Waals surface area contributed by atoms with Gasteiger partial charge in [0.2, 0.25) is 0 Å². The van der Waals surface area contributed by atoms with E-state index in [-0.39, 0.29) is 0 Å². The number of amidine groups is 1. The van der Waals surface area contributed by atoms with E-state index in [1.165, 1.54) is 6.08 Å². The Bertz CT molecular complexity index is 549. The largest absolute Gasteiger partial charge is 0.478 e. The zero-order chi connectivity index (χ0) is 12.6. The third-order valence-corrected chi connectivity index (χ3v) is 3.12. The fourth-order valence-corrected chi connectivity index (χ4v) is 2.07. The highest BCUT2D eigenvalue weighted by Crippen LogP contribution is 2.35. The molecule has 1 N–H and O–H groups in total. The fourth-order valence-electron chi connectivity index (χ4n) is 1.71. The number of hydrogen-bond donors (Lipinski definition) is 1. The Labute approximate surface area is 107 Å². The molecule has 0 atom stereocenters. The van der Waals surface area contributed by atoms with Crippen molar-refractivity contribution in [3.63, 3.8) is 0 Å². The van der Waals surface area contributed by atoms with E-state index in [2.05, 4.69) is 20.9 Å². The maximum absolute atomic E-state index is 10.9. The minimum Gasteiger partial charge on any atom is -0.478 e. The molecule has 5 heteroatoms. The molecule has 0 aromatic heterocycles. The van der Waals surface area contributed by atoms with Gasteiger partial charge in [0.25, 0.3) is 0 Å². The first-order valence-electron chi connectivity index (χ1n) is 5.02. The van der Waals surface area contributed by atoms with Crippen LogP contribution in [0.5, 0.6) is 0 Å². The smallest absolute Gasteiger partial charge is 0.330 e. The van der Waals surface area contributed by atoms with Crippen LogP contribution in [0.3, 0.4) is 0 Å². The van der Waals surface area contributed by atoms with Crippen LogP contribution in [0.15, 0.2) is 33.7 Å². The Balaban J connectivity index is 2.66. The van der Waals surface area contributed by atoms with Crippen LogP contribution in [0.1, 0.15) is 12.5 Å². The lowest BCUT2D eigenvalue weighted by molar-refractivity contribution is -0.131. The topological polar surface area (TPSA) is 52.9 Å². The summed E-state index contributed by atoms with van der Waals surface area (Å²) in [6, 6.07) is 5.63. The van der Waals surface area contributed by atoms with Crippen molar-refractivity contribution in [2.75, 3.05) is 7.05 Å². The van der Waals surface area contributed by atoms with Crippen molar-refractivity contribution < 1.29 is 9.90 Å². The monoisotopic (exact) mass is 294 g/mol. The Morgan fingerprint density at radius 3 is 2.88 bits per heavy atom. The molecule has 1 aliphatic rings. The molecular weight excluding hydrogens is 284 g/mol. The van der Waals surface area contributed by atoms with Gasteiger partial charge in [0.1, 0.15) is 5.84 Å². The highest BCUT2D eigenvalue weighted by atomic mass is 79.9. The summed E-state index contributed by atoms with van der Waals surface area (Å²) < 4.78 is 0.899. The molecule has 0 bridgehead atoms. The minimum absolute atomic E-state index is 0.640. The van der Waals surface area contributed by atoms with Crippen LogP contribution in [-0.2, 0) is 4.79 Å². The van der Waals surface area contributed by atoms with E-state index in [1.807, 2.05) is 25.1 Å². The van der Waals surface area contributed by atoms with Crippen molar-refractivity contribution >= 4 is 39.1 Å². The number of nitrogens with zero attached hydrogens (tertiary/aromatic N) is 2. The second-order valence-corrected chi connectivity index (χ2v) is 4.66. The molecule has 0 spiro atoms. The predicted molar refractivity (Wildman–Crippen MR) is 70.3 cm³/mol. The number of fused-ring (bicyclic) bond motifs is 1. The van der Waals surface area contributed by atoms with E-state index in [0.717, 1.165) is 21.6 Å². The molecule has 1 aromatic rings. The Kier molecular flexibility index (Phi) is 3.02. The number of carboxylic acid groups (broad SMARTS) is 1. The van der Waals surface area contributed by atoms with Crippen molar-refractivity contribution in [3.8, 4) is 0 Å². The number of hydrogen-bond acceptors (Lipinski definition) is 3.